The van der Waals surface area contributed by atoms with E-state index in [2.05, 4.69) is 50.1 Å². The minimum absolute atomic E-state index is 0.942. The Morgan fingerprint density at radius 1 is 1.08 bits per heavy atom. The van der Waals surface area contributed by atoms with Crippen molar-refractivity contribution in [2.75, 3.05) is 37.6 Å². The summed E-state index contributed by atoms with van der Waals surface area (Å²) >= 11 is 1.60. The Balaban J connectivity index is 1.25. The minimum Gasteiger partial charge on any atom is -0.353 e. The van der Waals surface area contributed by atoms with Gasteiger partial charge in [-0.3, -0.25) is 9.58 Å². The molecule has 1 saturated heterocycles. The molecule has 25 heavy (non-hydrogen) atoms. The number of hydrogen-bond donors (Lipinski definition) is 1. The third kappa shape index (κ3) is 2.92. The zero-order valence-corrected chi connectivity index (χ0v) is 15.0. The van der Waals surface area contributed by atoms with Gasteiger partial charge >= 0.3 is 0 Å². The van der Waals surface area contributed by atoms with Crippen LogP contribution in [-0.2, 0) is 19.6 Å². The molecule has 0 radical (unpaired) electrons. The van der Waals surface area contributed by atoms with Gasteiger partial charge in [-0.1, -0.05) is 12.1 Å². The zero-order chi connectivity index (χ0) is 16.6. The summed E-state index contributed by atoms with van der Waals surface area (Å²) in [5.41, 5.74) is 2.51. The average molecular weight is 354 g/mol. The third-order valence-electron chi connectivity index (χ3n) is 5.14. The van der Waals surface area contributed by atoms with Crippen LogP contribution in [0.15, 0.2) is 30.3 Å². The van der Waals surface area contributed by atoms with E-state index in [9.17, 15) is 0 Å². The maximum absolute atomic E-state index is 4.77. The number of benzene rings is 1. The van der Waals surface area contributed by atoms with Gasteiger partial charge in [0.2, 0.25) is 0 Å². The molecule has 0 unspecified atom stereocenters. The number of piperazine rings is 1. The summed E-state index contributed by atoms with van der Waals surface area (Å²) < 4.78 is 8.13. The molecule has 2 aromatic heterocycles. The molecule has 3 aromatic rings. The van der Waals surface area contributed by atoms with Crippen LogP contribution in [0.2, 0.25) is 0 Å². The molecule has 4 heterocycles. The van der Waals surface area contributed by atoms with Gasteiger partial charge in [-0.25, -0.2) is 0 Å². The van der Waals surface area contributed by atoms with Gasteiger partial charge in [-0.05, 0) is 29.7 Å². The average Bonchev–Trinajstić information content (AvgIpc) is 3.26. The first-order valence-corrected chi connectivity index (χ1v) is 9.72. The summed E-state index contributed by atoms with van der Waals surface area (Å²) in [5.74, 6) is 1.16. The van der Waals surface area contributed by atoms with Gasteiger partial charge < -0.3 is 10.2 Å². The second-order valence-corrected chi connectivity index (χ2v) is 7.60. The van der Waals surface area contributed by atoms with E-state index in [1.54, 1.807) is 11.5 Å². The summed E-state index contributed by atoms with van der Waals surface area (Å²) in [6, 6.07) is 10.8. The Morgan fingerprint density at radius 3 is 2.84 bits per heavy atom. The number of fused-ring (bicyclic) bond motifs is 2. The molecule has 0 saturated carbocycles. The Kier molecular flexibility index (Phi) is 3.92. The first kappa shape index (κ1) is 15.3. The Morgan fingerprint density at radius 2 is 1.96 bits per heavy atom. The van der Waals surface area contributed by atoms with Crippen molar-refractivity contribution in [3.63, 3.8) is 0 Å². The molecule has 0 atom stereocenters. The lowest BCUT2D eigenvalue weighted by molar-refractivity contribution is 0.246. The molecule has 7 heteroatoms. The number of hydrogen-bond acceptors (Lipinski definition) is 6. The normalized spacial score (nSPS) is 18.6. The number of aromatic nitrogens is 3. The highest BCUT2D eigenvalue weighted by Crippen LogP contribution is 2.29. The standard InChI is InChI=1S/C18H22N6S/c1-2-4-17-16(3-1)18(21-25-17)23-9-7-22(8-10-23)13-14-11-15-12-19-5-6-24(15)20-14/h1-4,11,19H,5-10,12-13H2. The van der Waals surface area contributed by atoms with E-state index in [1.165, 1.54) is 21.5 Å². The zero-order valence-electron chi connectivity index (χ0n) is 14.2. The minimum atomic E-state index is 0.942. The van der Waals surface area contributed by atoms with Crippen LogP contribution in [0.5, 0.6) is 0 Å². The summed E-state index contributed by atoms with van der Waals surface area (Å²) in [5, 5.41) is 9.46. The molecule has 0 amide bonds. The van der Waals surface area contributed by atoms with Gasteiger partial charge in [-0.15, -0.1) is 0 Å². The van der Waals surface area contributed by atoms with Crippen molar-refractivity contribution in [3.8, 4) is 0 Å². The lowest BCUT2D eigenvalue weighted by atomic mass is 10.2. The quantitative estimate of drug-likeness (QED) is 0.779. The van der Waals surface area contributed by atoms with Crippen LogP contribution in [0.25, 0.3) is 10.1 Å². The molecule has 6 nitrogen and oxygen atoms in total. The van der Waals surface area contributed by atoms with E-state index in [-0.39, 0.29) is 0 Å². The van der Waals surface area contributed by atoms with Crippen LogP contribution in [0.4, 0.5) is 5.82 Å². The smallest absolute Gasteiger partial charge is 0.150 e. The summed E-state index contributed by atoms with van der Waals surface area (Å²) in [4.78, 5) is 4.93. The van der Waals surface area contributed by atoms with E-state index in [1.807, 2.05) is 0 Å². The summed E-state index contributed by atoms with van der Waals surface area (Å²) in [7, 11) is 0. The Labute approximate surface area is 151 Å². The summed E-state index contributed by atoms with van der Waals surface area (Å²) in [6.07, 6.45) is 0. The molecule has 2 aliphatic rings. The van der Waals surface area contributed by atoms with E-state index < -0.39 is 0 Å². The van der Waals surface area contributed by atoms with Crippen molar-refractivity contribution >= 4 is 27.4 Å². The van der Waals surface area contributed by atoms with Gasteiger partial charge in [0.05, 0.1) is 22.6 Å². The molecule has 0 aliphatic carbocycles. The molecular formula is C18H22N6S. The van der Waals surface area contributed by atoms with Crippen LogP contribution >= 0.6 is 11.5 Å². The number of anilines is 1. The fraction of sp³-hybridized carbons (Fsp3) is 0.444. The largest absolute Gasteiger partial charge is 0.353 e. The van der Waals surface area contributed by atoms with Crippen LogP contribution < -0.4 is 10.2 Å². The maximum atomic E-state index is 4.77. The molecule has 1 fully saturated rings. The van der Waals surface area contributed by atoms with Crippen molar-refractivity contribution in [1.82, 2.24) is 24.4 Å². The fourth-order valence-corrected chi connectivity index (χ4v) is 4.57. The predicted octanol–water partition coefficient (Wildman–Crippen LogP) is 1.92. The maximum Gasteiger partial charge on any atom is 0.150 e. The summed E-state index contributed by atoms with van der Waals surface area (Å²) in [6.45, 7) is 8.09. The lowest BCUT2D eigenvalue weighted by Crippen LogP contribution is -2.46. The number of rotatable bonds is 3. The molecule has 0 bridgehead atoms. The molecule has 130 valence electrons. The molecule has 1 N–H and O–H groups in total. The highest BCUT2D eigenvalue weighted by atomic mass is 32.1. The molecular weight excluding hydrogens is 332 g/mol. The van der Waals surface area contributed by atoms with Crippen molar-refractivity contribution in [1.29, 1.82) is 0 Å². The van der Waals surface area contributed by atoms with Crippen molar-refractivity contribution < 1.29 is 0 Å². The monoisotopic (exact) mass is 354 g/mol. The van der Waals surface area contributed by atoms with Gasteiger partial charge in [0.1, 0.15) is 5.82 Å². The van der Waals surface area contributed by atoms with Gasteiger partial charge in [0.25, 0.3) is 0 Å². The van der Waals surface area contributed by atoms with Crippen molar-refractivity contribution in [3.05, 3.63) is 41.7 Å². The SMILES string of the molecule is c1ccc2c(N3CCN(Cc4cc5n(n4)CCNC5)CC3)nsc2c1. The van der Waals surface area contributed by atoms with Crippen LogP contribution in [0.1, 0.15) is 11.4 Å². The van der Waals surface area contributed by atoms with Crippen LogP contribution in [0, 0.1) is 0 Å². The van der Waals surface area contributed by atoms with Crippen molar-refractivity contribution in [2.24, 2.45) is 0 Å². The van der Waals surface area contributed by atoms with E-state index in [0.29, 0.717) is 0 Å². The van der Waals surface area contributed by atoms with E-state index >= 15 is 0 Å². The van der Waals surface area contributed by atoms with Gasteiger partial charge in [0, 0.05) is 51.2 Å². The number of nitrogens with zero attached hydrogens (tertiary/aromatic N) is 5. The van der Waals surface area contributed by atoms with Crippen LogP contribution in [-0.4, -0.2) is 51.8 Å². The first-order chi connectivity index (χ1) is 12.4. The Hall–Kier alpha value is -1.96. The second kappa shape index (κ2) is 6.40. The molecule has 5 rings (SSSR count). The highest BCUT2D eigenvalue weighted by molar-refractivity contribution is 7.13. The van der Waals surface area contributed by atoms with E-state index in [0.717, 1.165) is 58.2 Å². The lowest BCUT2D eigenvalue weighted by Gasteiger charge is -2.34. The predicted molar refractivity (Wildman–Crippen MR) is 101 cm³/mol. The van der Waals surface area contributed by atoms with Gasteiger partial charge in [0.15, 0.2) is 0 Å². The molecule has 0 spiro atoms. The van der Waals surface area contributed by atoms with Crippen LogP contribution in [0.3, 0.4) is 0 Å². The second-order valence-electron chi connectivity index (χ2n) is 6.79. The topological polar surface area (TPSA) is 49.2 Å². The number of nitrogens with one attached hydrogen (secondary N) is 1. The fourth-order valence-electron chi connectivity index (χ4n) is 3.78. The molecule has 1 aromatic carbocycles. The van der Waals surface area contributed by atoms with Gasteiger partial charge in [-0.2, -0.15) is 9.47 Å². The molecule has 2 aliphatic heterocycles. The third-order valence-corrected chi connectivity index (χ3v) is 5.95. The highest BCUT2D eigenvalue weighted by Gasteiger charge is 2.22. The van der Waals surface area contributed by atoms with E-state index in [4.69, 9.17) is 9.47 Å². The first-order valence-electron chi connectivity index (χ1n) is 8.95. The van der Waals surface area contributed by atoms with Crippen molar-refractivity contribution in [2.45, 2.75) is 19.6 Å². The Bertz CT molecular complexity index is 853.